The number of hydrogen-bond acceptors (Lipinski definition) is 4. The second kappa shape index (κ2) is 6.15. The summed E-state index contributed by atoms with van der Waals surface area (Å²) in [5.74, 6) is -0.379. The van der Waals surface area contributed by atoms with Gasteiger partial charge < -0.3 is 0 Å². The Morgan fingerprint density at radius 1 is 0.857 bits per heavy atom. The molecule has 4 nitrogen and oxygen atoms in total. The molecule has 0 saturated heterocycles. The summed E-state index contributed by atoms with van der Waals surface area (Å²) in [6, 6.07) is 0. The predicted molar refractivity (Wildman–Crippen MR) is 83.4 cm³/mol. The van der Waals surface area contributed by atoms with Crippen molar-refractivity contribution < 1.29 is 19.6 Å². The topological polar surface area (TPSA) is 36.9 Å². The molecule has 0 bridgehead atoms. The van der Waals surface area contributed by atoms with Crippen molar-refractivity contribution in [2.24, 2.45) is 11.3 Å². The van der Waals surface area contributed by atoms with Crippen molar-refractivity contribution in [1.82, 2.24) is 0 Å². The zero-order chi connectivity index (χ0) is 16.5. The molecule has 0 heterocycles. The summed E-state index contributed by atoms with van der Waals surface area (Å²) in [6.07, 6.45) is 2.92. The molecule has 1 fully saturated rings. The first-order valence-corrected chi connectivity index (χ1v) is 8.00. The lowest BCUT2D eigenvalue weighted by Crippen LogP contribution is -2.55. The summed E-state index contributed by atoms with van der Waals surface area (Å²) in [4.78, 5) is 23.0. The molecule has 0 aromatic rings. The maximum Gasteiger partial charge on any atom is 0.239 e. The van der Waals surface area contributed by atoms with Gasteiger partial charge in [-0.15, -0.1) is 0 Å². The van der Waals surface area contributed by atoms with Crippen LogP contribution in [0.15, 0.2) is 0 Å². The van der Waals surface area contributed by atoms with Gasteiger partial charge in [0.05, 0.1) is 11.2 Å². The Hall–Kier alpha value is -0.160. The van der Waals surface area contributed by atoms with Crippen LogP contribution in [0.25, 0.3) is 0 Å². The fraction of sp³-hybridized carbons (Fsp3) is 1.00. The second-order valence-electron chi connectivity index (χ2n) is 9.04. The molecular formula is C17H34O4. The summed E-state index contributed by atoms with van der Waals surface area (Å²) >= 11 is 0. The van der Waals surface area contributed by atoms with Crippen molar-refractivity contribution in [3.63, 3.8) is 0 Å². The van der Waals surface area contributed by atoms with Crippen LogP contribution in [-0.2, 0) is 19.6 Å². The van der Waals surface area contributed by atoms with E-state index in [-0.39, 0.29) is 5.41 Å². The maximum atomic E-state index is 5.87. The standard InChI is InChI=1S/C17H34O4/c1-13-10-11-16(8,9)17(12-13,20-18-14(2,3)4)21-19-15(5,6)7/h13H,10-12H2,1-9H3. The van der Waals surface area contributed by atoms with Gasteiger partial charge in [-0.1, -0.05) is 20.8 Å². The van der Waals surface area contributed by atoms with E-state index in [0.29, 0.717) is 5.92 Å². The lowest BCUT2D eigenvalue weighted by Gasteiger charge is -2.49. The van der Waals surface area contributed by atoms with E-state index in [0.717, 1.165) is 19.3 Å². The molecule has 1 unspecified atom stereocenters. The molecular weight excluding hydrogens is 268 g/mol. The van der Waals surface area contributed by atoms with Gasteiger partial charge >= 0.3 is 0 Å². The maximum absolute atomic E-state index is 5.87. The first-order valence-electron chi connectivity index (χ1n) is 8.00. The van der Waals surface area contributed by atoms with Crippen LogP contribution in [0.2, 0.25) is 0 Å². The van der Waals surface area contributed by atoms with Gasteiger partial charge in [-0.05, 0) is 60.3 Å². The zero-order valence-corrected chi connectivity index (χ0v) is 15.3. The minimum atomic E-state index is -0.884. The van der Waals surface area contributed by atoms with Crippen molar-refractivity contribution in [1.29, 1.82) is 0 Å². The SMILES string of the molecule is CC1CCC(C)(C)C(OOC(C)(C)C)(OOC(C)(C)C)C1. The third-order valence-electron chi connectivity index (χ3n) is 3.76. The third-order valence-corrected chi connectivity index (χ3v) is 3.76. The average molecular weight is 302 g/mol. The second-order valence-corrected chi connectivity index (χ2v) is 9.04. The van der Waals surface area contributed by atoms with E-state index in [4.69, 9.17) is 19.6 Å². The molecule has 1 saturated carbocycles. The van der Waals surface area contributed by atoms with Gasteiger partial charge in [-0.25, -0.2) is 9.78 Å². The molecule has 1 aliphatic rings. The van der Waals surface area contributed by atoms with Crippen LogP contribution < -0.4 is 0 Å². The molecule has 0 N–H and O–H groups in total. The van der Waals surface area contributed by atoms with Gasteiger partial charge in [-0.3, -0.25) is 0 Å². The molecule has 1 aliphatic carbocycles. The van der Waals surface area contributed by atoms with Crippen molar-refractivity contribution in [2.45, 2.75) is 98.6 Å². The Labute approximate surface area is 130 Å². The van der Waals surface area contributed by atoms with E-state index in [1.165, 1.54) is 0 Å². The molecule has 0 aliphatic heterocycles. The van der Waals surface area contributed by atoms with Crippen molar-refractivity contribution >= 4 is 0 Å². The van der Waals surface area contributed by atoms with E-state index in [9.17, 15) is 0 Å². The molecule has 0 amide bonds. The molecule has 21 heavy (non-hydrogen) atoms. The van der Waals surface area contributed by atoms with Crippen LogP contribution >= 0.6 is 0 Å². The zero-order valence-electron chi connectivity index (χ0n) is 15.3. The molecule has 126 valence electrons. The molecule has 1 rings (SSSR count). The van der Waals surface area contributed by atoms with Crippen LogP contribution in [0.4, 0.5) is 0 Å². The van der Waals surface area contributed by atoms with Crippen LogP contribution in [0.1, 0.15) is 81.6 Å². The highest BCUT2D eigenvalue weighted by Gasteiger charge is 2.54. The van der Waals surface area contributed by atoms with E-state index in [1.54, 1.807) is 0 Å². The van der Waals surface area contributed by atoms with Crippen LogP contribution in [0, 0.1) is 11.3 Å². The molecule has 0 aromatic heterocycles. The summed E-state index contributed by atoms with van der Waals surface area (Å²) in [6.45, 7) is 18.3. The smallest absolute Gasteiger partial charge is 0.228 e. The largest absolute Gasteiger partial charge is 0.239 e. The first kappa shape index (κ1) is 18.9. The van der Waals surface area contributed by atoms with Gasteiger partial charge in [0.2, 0.25) is 5.79 Å². The van der Waals surface area contributed by atoms with Crippen LogP contribution in [-0.4, -0.2) is 17.0 Å². The van der Waals surface area contributed by atoms with Gasteiger partial charge in [-0.2, -0.15) is 9.78 Å². The third kappa shape index (κ3) is 5.51. The van der Waals surface area contributed by atoms with Crippen LogP contribution in [0.3, 0.4) is 0 Å². The normalized spacial score (nSPS) is 25.9. The van der Waals surface area contributed by atoms with E-state index in [1.807, 2.05) is 41.5 Å². The fourth-order valence-electron chi connectivity index (χ4n) is 2.33. The Morgan fingerprint density at radius 3 is 1.67 bits per heavy atom. The van der Waals surface area contributed by atoms with Gasteiger partial charge in [0, 0.05) is 11.8 Å². The Balaban J connectivity index is 2.96. The van der Waals surface area contributed by atoms with Gasteiger partial charge in [0.15, 0.2) is 0 Å². The lowest BCUT2D eigenvalue weighted by molar-refractivity contribution is -0.567. The van der Waals surface area contributed by atoms with E-state index in [2.05, 4.69) is 20.8 Å². The quantitative estimate of drug-likeness (QED) is 0.415. The summed E-state index contributed by atoms with van der Waals surface area (Å²) in [5, 5.41) is 0. The summed E-state index contributed by atoms with van der Waals surface area (Å²) in [7, 11) is 0. The first-order chi connectivity index (χ1) is 9.27. The Bertz CT molecular complexity index is 318. The molecule has 0 aromatic carbocycles. The molecule has 1 atom stereocenters. The molecule has 0 radical (unpaired) electrons. The van der Waals surface area contributed by atoms with Crippen LogP contribution in [0.5, 0.6) is 0 Å². The summed E-state index contributed by atoms with van der Waals surface area (Å²) in [5.41, 5.74) is -0.972. The molecule has 0 spiro atoms. The van der Waals surface area contributed by atoms with E-state index >= 15 is 0 Å². The average Bonchev–Trinajstić information content (AvgIpc) is 2.27. The highest BCUT2D eigenvalue weighted by Crippen LogP contribution is 2.50. The lowest BCUT2D eigenvalue weighted by atomic mass is 9.69. The Kier molecular flexibility index (Phi) is 5.53. The number of hydrogen-bond donors (Lipinski definition) is 0. The number of rotatable bonds is 4. The van der Waals surface area contributed by atoms with E-state index < -0.39 is 17.0 Å². The summed E-state index contributed by atoms with van der Waals surface area (Å²) < 4.78 is 0. The van der Waals surface area contributed by atoms with Crippen molar-refractivity contribution in [3.05, 3.63) is 0 Å². The van der Waals surface area contributed by atoms with Crippen molar-refractivity contribution in [3.8, 4) is 0 Å². The fourth-order valence-corrected chi connectivity index (χ4v) is 2.33. The highest BCUT2D eigenvalue weighted by molar-refractivity contribution is 4.92. The minimum Gasteiger partial charge on any atom is -0.228 e. The van der Waals surface area contributed by atoms with Gasteiger partial charge in [0.25, 0.3) is 0 Å². The Morgan fingerprint density at radius 2 is 1.29 bits per heavy atom. The monoisotopic (exact) mass is 302 g/mol. The van der Waals surface area contributed by atoms with Gasteiger partial charge in [0.1, 0.15) is 0 Å². The predicted octanol–water partition coefficient (Wildman–Crippen LogP) is 5.02. The molecule has 4 heteroatoms. The van der Waals surface area contributed by atoms with Crippen molar-refractivity contribution in [2.75, 3.05) is 0 Å². The highest BCUT2D eigenvalue weighted by atomic mass is 17.3. The minimum absolute atomic E-state index is 0.185.